The first-order valence-corrected chi connectivity index (χ1v) is 13.0. The largest absolute Gasteiger partial charge is 0.395 e. The second-order valence-electron chi connectivity index (χ2n) is 9.51. The highest BCUT2D eigenvalue weighted by Crippen LogP contribution is 2.39. The van der Waals surface area contributed by atoms with Gasteiger partial charge in [0.15, 0.2) is 0 Å². The van der Waals surface area contributed by atoms with Crippen molar-refractivity contribution >= 4 is 18.0 Å². The lowest BCUT2D eigenvalue weighted by Crippen LogP contribution is -2.47. The number of aliphatic imine (C=N–C) groups is 2. The van der Waals surface area contributed by atoms with Crippen molar-refractivity contribution in [3.63, 3.8) is 0 Å². The normalized spacial score (nSPS) is 16.8. The van der Waals surface area contributed by atoms with Crippen LogP contribution in [0.1, 0.15) is 17.7 Å². The van der Waals surface area contributed by atoms with E-state index in [1.165, 1.54) is 0 Å². The first-order chi connectivity index (χ1) is 18.1. The summed E-state index contributed by atoms with van der Waals surface area (Å²) in [6, 6.07) is 10.3. The molecule has 0 spiro atoms. The number of fused-ring (bicyclic) bond motifs is 3. The summed E-state index contributed by atoms with van der Waals surface area (Å²) < 4.78 is 1.94. The van der Waals surface area contributed by atoms with Gasteiger partial charge < -0.3 is 10.8 Å². The molecule has 1 aliphatic heterocycles. The topological polar surface area (TPSA) is 121 Å². The van der Waals surface area contributed by atoms with E-state index in [1.807, 2.05) is 42.3 Å². The van der Waals surface area contributed by atoms with E-state index in [-0.39, 0.29) is 6.61 Å². The van der Waals surface area contributed by atoms with Gasteiger partial charge in [-0.15, -0.1) is 0 Å². The molecule has 0 amide bonds. The van der Waals surface area contributed by atoms with Gasteiger partial charge in [-0.05, 0) is 18.4 Å². The minimum absolute atomic E-state index is 0.225. The maximum atomic E-state index is 9.06. The average molecular weight is 502 g/mol. The van der Waals surface area contributed by atoms with Gasteiger partial charge in [-0.1, -0.05) is 30.3 Å². The van der Waals surface area contributed by atoms with Crippen LogP contribution in [0.2, 0.25) is 0 Å². The first kappa shape index (κ1) is 25.2. The van der Waals surface area contributed by atoms with Crippen molar-refractivity contribution in [3.05, 3.63) is 47.8 Å². The molecule has 0 radical (unpaired) electrons. The smallest absolute Gasteiger partial charge is 0.251 e. The number of β-amino-alcohol motifs (C(OH)–C–C–N with tert-alkyl or cyclic N) is 1. The number of aryl methyl sites for hydroxylation is 3. The van der Waals surface area contributed by atoms with Gasteiger partial charge in [0.2, 0.25) is 0 Å². The quantitative estimate of drug-likeness (QED) is 0.338. The number of hydrogen-bond acceptors (Lipinski definition) is 8. The highest BCUT2D eigenvalue weighted by molar-refractivity contribution is 5.94. The van der Waals surface area contributed by atoms with Gasteiger partial charge >= 0.3 is 0 Å². The van der Waals surface area contributed by atoms with Gasteiger partial charge in [0, 0.05) is 76.3 Å². The van der Waals surface area contributed by atoms with E-state index in [9.17, 15) is 0 Å². The molecule has 0 atom stereocenters. The van der Waals surface area contributed by atoms with E-state index >= 15 is 0 Å². The number of nitrogens with zero attached hydrogens (tertiary/aromatic N) is 8. The molecule has 0 unspecified atom stereocenters. The van der Waals surface area contributed by atoms with Gasteiger partial charge in [0.25, 0.3) is 5.95 Å². The van der Waals surface area contributed by atoms with Crippen LogP contribution in [0.15, 0.2) is 46.5 Å². The van der Waals surface area contributed by atoms with E-state index in [1.54, 1.807) is 0 Å². The fraction of sp³-hybridized carbons (Fsp3) is 0.444. The lowest BCUT2D eigenvalue weighted by molar-refractivity contribution is 0.115. The number of rotatable bonds is 9. The molecule has 194 valence electrons. The standard InChI is InChI=1S/C27H35N9O/c1-34-26(20-5-3-2-4-6-20)24-22(33-34)8-7-21-19-30-27(32-25(21)24)31-23(28)9-10-29-11-12-35-13-15-36(16-14-35)17-18-37/h2-6,10,19,37H,7-9,11-18H2,1H3,(H2,28,30,31,32). The molecular formula is C27H35N9O. The van der Waals surface area contributed by atoms with Gasteiger partial charge in [0.1, 0.15) is 5.84 Å². The van der Waals surface area contributed by atoms with Crippen molar-refractivity contribution in [3.8, 4) is 22.5 Å². The van der Waals surface area contributed by atoms with E-state index in [4.69, 9.17) is 20.9 Å². The molecule has 10 nitrogen and oxygen atoms in total. The highest BCUT2D eigenvalue weighted by Gasteiger charge is 2.27. The number of aliphatic hydroxyl groups excluding tert-OH is 1. The van der Waals surface area contributed by atoms with Gasteiger partial charge in [0.05, 0.1) is 30.2 Å². The molecule has 0 saturated carbocycles. The van der Waals surface area contributed by atoms with E-state index in [0.29, 0.717) is 18.2 Å². The molecule has 1 aliphatic carbocycles. The monoisotopic (exact) mass is 501 g/mol. The number of aromatic nitrogens is 4. The zero-order chi connectivity index (χ0) is 25.6. The van der Waals surface area contributed by atoms with Crippen molar-refractivity contribution in [2.75, 3.05) is 52.4 Å². The summed E-state index contributed by atoms with van der Waals surface area (Å²) in [5.41, 5.74) is 12.5. The van der Waals surface area contributed by atoms with Crippen molar-refractivity contribution in [1.29, 1.82) is 0 Å². The number of hydrogen-bond donors (Lipinski definition) is 2. The predicted molar refractivity (Wildman–Crippen MR) is 146 cm³/mol. The Bertz CT molecular complexity index is 1260. The lowest BCUT2D eigenvalue weighted by atomic mass is 9.91. The second kappa shape index (κ2) is 11.7. The predicted octanol–water partition coefficient (Wildman–Crippen LogP) is 1.70. The summed E-state index contributed by atoms with van der Waals surface area (Å²) >= 11 is 0. The molecule has 3 heterocycles. The Morgan fingerprint density at radius 1 is 1.08 bits per heavy atom. The highest BCUT2D eigenvalue weighted by atomic mass is 16.3. The van der Waals surface area contributed by atoms with Crippen LogP contribution < -0.4 is 5.73 Å². The minimum atomic E-state index is 0.225. The van der Waals surface area contributed by atoms with Gasteiger partial charge in [-0.2, -0.15) is 10.1 Å². The number of piperazine rings is 1. The molecule has 0 bridgehead atoms. The van der Waals surface area contributed by atoms with E-state index in [0.717, 1.165) is 92.4 Å². The van der Waals surface area contributed by atoms with Crippen LogP contribution in [-0.2, 0) is 19.9 Å². The van der Waals surface area contributed by atoms with Crippen LogP contribution in [-0.4, -0.2) is 99.1 Å². The number of nitrogens with two attached hydrogens (primary N) is 1. The minimum Gasteiger partial charge on any atom is -0.395 e. The number of aliphatic hydroxyl groups is 1. The van der Waals surface area contributed by atoms with Crippen LogP contribution in [0, 0.1) is 0 Å². The summed E-state index contributed by atoms with van der Waals surface area (Å²) in [7, 11) is 1.98. The molecule has 2 aromatic heterocycles. The average Bonchev–Trinajstić information content (AvgIpc) is 3.26. The Hall–Kier alpha value is -3.47. The Kier molecular flexibility index (Phi) is 7.98. The SMILES string of the molecule is Cn1nc2c(c1-c1ccccc1)-c1nc(N=C(N)CC=NCCN3CCN(CCO)CC3)ncc1CC2. The zero-order valence-electron chi connectivity index (χ0n) is 21.4. The van der Waals surface area contributed by atoms with Gasteiger partial charge in [-0.25, -0.2) is 9.97 Å². The summed E-state index contributed by atoms with van der Waals surface area (Å²) in [4.78, 5) is 23.0. The Labute approximate surface area is 217 Å². The van der Waals surface area contributed by atoms with Crippen LogP contribution in [0.4, 0.5) is 5.95 Å². The zero-order valence-corrected chi connectivity index (χ0v) is 21.4. The van der Waals surface area contributed by atoms with Crippen LogP contribution in [0.3, 0.4) is 0 Å². The van der Waals surface area contributed by atoms with Crippen LogP contribution in [0.5, 0.6) is 0 Å². The number of benzene rings is 1. The summed E-state index contributed by atoms with van der Waals surface area (Å²) in [6.07, 6.45) is 5.87. The molecule has 10 heteroatoms. The Morgan fingerprint density at radius 2 is 1.84 bits per heavy atom. The molecular weight excluding hydrogens is 466 g/mol. The third-order valence-corrected chi connectivity index (χ3v) is 6.99. The Balaban J connectivity index is 1.23. The van der Waals surface area contributed by atoms with E-state index in [2.05, 4.69) is 36.9 Å². The summed E-state index contributed by atoms with van der Waals surface area (Å²) in [6.45, 7) is 6.66. The molecule has 1 aromatic carbocycles. The maximum absolute atomic E-state index is 9.06. The number of amidine groups is 1. The van der Waals surface area contributed by atoms with Crippen LogP contribution in [0.25, 0.3) is 22.5 Å². The lowest BCUT2D eigenvalue weighted by Gasteiger charge is -2.33. The van der Waals surface area contributed by atoms with Gasteiger partial charge in [-0.3, -0.25) is 19.5 Å². The van der Waals surface area contributed by atoms with Crippen molar-refractivity contribution in [2.45, 2.75) is 19.3 Å². The maximum Gasteiger partial charge on any atom is 0.251 e. The van der Waals surface area contributed by atoms with E-state index < -0.39 is 0 Å². The molecule has 3 N–H and O–H groups in total. The van der Waals surface area contributed by atoms with Crippen molar-refractivity contribution in [2.24, 2.45) is 22.8 Å². The fourth-order valence-corrected chi connectivity index (χ4v) is 5.03. The molecule has 1 saturated heterocycles. The second-order valence-corrected chi connectivity index (χ2v) is 9.51. The molecule has 37 heavy (non-hydrogen) atoms. The third kappa shape index (κ3) is 5.93. The van der Waals surface area contributed by atoms with Crippen LogP contribution >= 0.6 is 0 Å². The first-order valence-electron chi connectivity index (χ1n) is 13.0. The molecule has 3 aromatic rings. The fourth-order valence-electron chi connectivity index (χ4n) is 5.03. The summed E-state index contributed by atoms with van der Waals surface area (Å²) in [5, 5.41) is 13.8. The third-order valence-electron chi connectivity index (χ3n) is 6.99. The van der Waals surface area contributed by atoms with Crippen molar-refractivity contribution in [1.82, 2.24) is 29.5 Å². The Morgan fingerprint density at radius 3 is 2.59 bits per heavy atom. The van der Waals surface area contributed by atoms with Crippen molar-refractivity contribution < 1.29 is 5.11 Å². The molecule has 2 aliphatic rings. The molecule has 5 rings (SSSR count). The molecule has 1 fully saturated rings. The summed E-state index contributed by atoms with van der Waals surface area (Å²) in [5.74, 6) is 0.799.